The average Bonchev–Trinajstić information content (AvgIpc) is 3.18. The first-order valence-electron chi connectivity index (χ1n) is 9.42. The summed E-state index contributed by atoms with van der Waals surface area (Å²) in [5.41, 5.74) is 6.69. The lowest BCUT2D eigenvalue weighted by Crippen LogP contribution is -2.41. The van der Waals surface area contributed by atoms with E-state index in [1.54, 1.807) is 4.90 Å². The number of rotatable bonds is 4. The lowest BCUT2D eigenvalue weighted by molar-refractivity contribution is 0.0532. The van der Waals surface area contributed by atoms with Crippen LogP contribution < -0.4 is 0 Å². The quantitative estimate of drug-likeness (QED) is 0.887. The van der Waals surface area contributed by atoms with E-state index in [1.165, 1.54) is 11.3 Å². The molecule has 0 bridgehead atoms. The molecule has 0 saturated carbocycles. The summed E-state index contributed by atoms with van der Waals surface area (Å²) >= 11 is 0. The van der Waals surface area contributed by atoms with Gasteiger partial charge in [0.2, 0.25) is 0 Å². The van der Waals surface area contributed by atoms with Crippen LogP contribution in [0.25, 0.3) is 11.3 Å². The van der Waals surface area contributed by atoms with Gasteiger partial charge in [0.1, 0.15) is 0 Å². The van der Waals surface area contributed by atoms with Crippen LogP contribution in [0.2, 0.25) is 0 Å². The Hall–Kier alpha value is -2.14. The van der Waals surface area contributed by atoms with Crippen molar-refractivity contribution in [1.82, 2.24) is 15.1 Å². The van der Waals surface area contributed by atoms with Crippen LogP contribution in [0.15, 0.2) is 18.2 Å². The van der Waals surface area contributed by atoms with Gasteiger partial charge in [-0.25, -0.2) is 0 Å². The Balaban J connectivity index is 1.67. The molecule has 0 saturated heterocycles. The minimum atomic E-state index is -0.145. The zero-order valence-corrected chi connectivity index (χ0v) is 16.0. The van der Waals surface area contributed by atoms with Gasteiger partial charge < -0.3 is 10.0 Å². The Bertz CT molecular complexity index is 866. The van der Waals surface area contributed by atoms with E-state index in [-0.39, 0.29) is 29.9 Å². The standard InChI is InChI=1S/C21H27N3O2/c1-12(2)18(11-25)24-10-14-7-13(5-6-15(14)20(24)26)19-16-8-21(3,4)9-17(16)22-23-19/h5-7,12,18,25H,8-11H2,1-4H3,(H,22,23). The molecule has 5 nitrogen and oxygen atoms in total. The molecule has 1 aromatic heterocycles. The fraction of sp³-hybridized carbons (Fsp3) is 0.524. The SMILES string of the molecule is CC(C)C(CO)N1Cc2cc(-c3n[nH]c4c3CC(C)(C)C4)ccc2C1=O. The highest BCUT2D eigenvalue weighted by atomic mass is 16.3. The number of hydrogen-bond donors (Lipinski definition) is 2. The Morgan fingerprint density at radius 2 is 2.08 bits per heavy atom. The number of nitrogens with one attached hydrogen (secondary N) is 1. The first kappa shape index (κ1) is 17.3. The van der Waals surface area contributed by atoms with Crippen molar-refractivity contribution in [1.29, 1.82) is 0 Å². The number of aliphatic hydroxyl groups is 1. The van der Waals surface area contributed by atoms with Gasteiger partial charge in [0.25, 0.3) is 5.91 Å². The smallest absolute Gasteiger partial charge is 0.254 e. The molecule has 0 fully saturated rings. The number of H-pyrrole nitrogens is 1. The molecule has 1 aliphatic heterocycles. The first-order chi connectivity index (χ1) is 12.3. The van der Waals surface area contributed by atoms with Crippen molar-refractivity contribution in [2.24, 2.45) is 11.3 Å². The number of aromatic nitrogens is 2. The van der Waals surface area contributed by atoms with Crippen LogP contribution in [0.1, 0.15) is 54.9 Å². The van der Waals surface area contributed by atoms with E-state index >= 15 is 0 Å². The van der Waals surface area contributed by atoms with Crippen LogP contribution in [0.3, 0.4) is 0 Å². The van der Waals surface area contributed by atoms with E-state index in [9.17, 15) is 9.90 Å². The molecule has 0 radical (unpaired) electrons. The van der Waals surface area contributed by atoms with Gasteiger partial charge in [0, 0.05) is 28.9 Å². The predicted molar refractivity (Wildman–Crippen MR) is 101 cm³/mol. The number of hydrogen-bond acceptors (Lipinski definition) is 3. The Kier molecular flexibility index (Phi) is 3.95. The van der Waals surface area contributed by atoms with E-state index < -0.39 is 0 Å². The summed E-state index contributed by atoms with van der Waals surface area (Å²) < 4.78 is 0. The molecule has 26 heavy (non-hydrogen) atoms. The maximum Gasteiger partial charge on any atom is 0.254 e. The number of amides is 1. The highest BCUT2D eigenvalue weighted by Crippen LogP contribution is 2.40. The van der Waals surface area contributed by atoms with Gasteiger partial charge in [-0.1, -0.05) is 33.8 Å². The summed E-state index contributed by atoms with van der Waals surface area (Å²) in [5.74, 6) is 0.238. The molecule has 1 amide bonds. The molecular weight excluding hydrogens is 326 g/mol. The zero-order valence-electron chi connectivity index (χ0n) is 16.0. The van der Waals surface area contributed by atoms with Gasteiger partial charge in [-0.15, -0.1) is 0 Å². The van der Waals surface area contributed by atoms with Crippen LogP contribution in [0.4, 0.5) is 0 Å². The second-order valence-electron chi connectivity index (χ2n) is 8.85. The van der Waals surface area contributed by atoms with E-state index in [0.29, 0.717) is 6.54 Å². The van der Waals surface area contributed by atoms with Gasteiger partial charge in [-0.05, 0) is 41.9 Å². The fourth-order valence-electron chi connectivity index (χ4n) is 4.42. The lowest BCUT2D eigenvalue weighted by Gasteiger charge is -2.29. The van der Waals surface area contributed by atoms with E-state index in [2.05, 4.69) is 30.1 Å². The summed E-state index contributed by atoms with van der Waals surface area (Å²) in [5, 5.41) is 17.5. The lowest BCUT2D eigenvalue weighted by atomic mass is 9.90. The average molecular weight is 353 g/mol. The van der Waals surface area contributed by atoms with Crippen molar-refractivity contribution < 1.29 is 9.90 Å². The molecule has 1 aromatic carbocycles. The topological polar surface area (TPSA) is 69.2 Å². The highest BCUT2D eigenvalue weighted by Gasteiger charge is 2.35. The minimum Gasteiger partial charge on any atom is -0.394 e. The van der Waals surface area contributed by atoms with Crippen molar-refractivity contribution >= 4 is 5.91 Å². The van der Waals surface area contributed by atoms with Crippen molar-refractivity contribution in [2.75, 3.05) is 6.61 Å². The summed E-state index contributed by atoms with van der Waals surface area (Å²) in [6.07, 6.45) is 2.05. The summed E-state index contributed by atoms with van der Waals surface area (Å²) in [6, 6.07) is 5.88. The molecule has 5 heteroatoms. The van der Waals surface area contributed by atoms with E-state index in [4.69, 9.17) is 0 Å². The largest absolute Gasteiger partial charge is 0.394 e. The molecule has 4 rings (SSSR count). The molecule has 2 aliphatic rings. The van der Waals surface area contributed by atoms with Gasteiger partial charge in [0.15, 0.2) is 0 Å². The van der Waals surface area contributed by atoms with Crippen LogP contribution in [0.5, 0.6) is 0 Å². The summed E-state index contributed by atoms with van der Waals surface area (Å²) in [6.45, 7) is 9.19. The third-order valence-electron chi connectivity index (χ3n) is 5.83. The second kappa shape index (κ2) is 5.95. The highest BCUT2D eigenvalue weighted by molar-refractivity contribution is 5.99. The normalized spacial score (nSPS) is 19.2. The maximum atomic E-state index is 12.8. The number of aromatic amines is 1. The predicted octanol–water partition coefficient (Wildman–Crippen LogP) is 3.17. The summed E-state index contributed by atoms with van der Waals surface area (Å²) in [4.78, 5) is 14.6. The Morgan fingerprint density at radius 1 is 1.31 bits per heavy atom. The second-order valence-corrected chi connectivity index (χ2v) is 8.85. The van der Waals surface area contributed by atoms with Gasteiger partial charge in [0.05, 0.1) is 18.3 Å². The van der Waals surface area contributed by atoms with Gasteiger partial charge in [-0.3, -0.25) is 9.89 Å². The van der Waals surface area contributed by atoms with E-state index in [0.717, 1.165) is 35.2 Å². The maximum absolute atomic E-state index is 12.8. The summed E-state index contributed by atoms with van der Waals surface area (Å²) in [7, 11) is 0. The number of benzene rings is 1. The molecule has 2 N–H and O–H groups in total. The molecule has 0 spiro atoms. The molecule has 1 unspecified atom stereocenters. The van der Waals surface area contributed by atoms with Gasteiger partial charge in [-0.2, -0.15) is 5.10 Å². The minimum absolute atomic E-state index is 0.00773. The number of aliphatic hydroxyl groups excluding tert-OH is 1. The molecular formula is C21H27N3O2. The first-order valence-corrected chi connectivity index (χ1v) is 9.42. The van der Waals surface area contributed by atoms with Crippen LogP contribution in [0, 0.1) is 11.3 Å². The number of carbonyl (C=O) groups excluding carboxylic acids is 1. The van der Waals surface area contributed by atoms with Crippen molar-refractivity contribution in [3.05, 3.63) is 40.6 Å². The van der Waals surface area contributed by atoms with Crippen molar-refractivity contribution in [3.8, 4) is 11.3 Å². The molecule has 2 aromatic rings. The van der Waals surface area contributed by atoms with E-state index in [1.807, 2.05) is 26.0 Å². The third kappa shape index (κ3) is 2.65. The fourth-order valence-corrected chi connectivity index (χ4v) is 4.42. The molecule has 1 aliphatic carbocycles. The van der Waals surface area contributed by atoms with Gasteiger partial charge >= 0.3 is 0 Å². The number of nitrogens with zero attached hydrogens (tertiary/aromatic N) is 2. The van der Waals surface area contributed by atoms with Crippen LogP contribution in [-0.2, 0) is 19.4 Å². The molecule has 138 valence electrons. The number of carbonyl (C=O) groups is 1. The molecule has 2 heterocycles. The Morgan fingerprint density at radius 3 is 2.77 bits per heavy atom. The van der Waals surface area contributed by atoms with Crippen LogP contribution >= 0.6 is 0 Å². The third-order valence-corrected chi connectivity index (χ3v) is 5.83. The Labute approximate surface area is 154 Å². The van der Waals surface area contributed by atoms with Crippen LogP contribution in [-0.4, -0.2) is 38.8 Å². The zero-order chi connectivity index (χ0) is 18.6. The monoisotopic (exact) mass is 353 g/mol. The number of fused-ring (bicyclic) bond motifs is 2. The van der Waals surface area contributed by atoms with Crippen molar-refractivity contribution in [2.45, 2.75) is 53.1 Å². The molecule has 1 atom stereocenters. The van der Waals surface area contributed by atoms with Crippen molar-refractivity contribution in [3.63, 3.8) is 0 Å².